The van der Waals surface area contributed by atoms with Crippen LogP contribution in [0, 0.1) is 5.92 Å². The van der Waals surface area contributed by atoms with Gasteiger partial charge in [0.05, 0.1) is 0 Å². The molecule has 1 amide bonds. The van der Waals surface area contributed by atoms with E-state index in [0.29, 0.717) is 11.9 Å². The predicted octanol–water partition coefficient (Wildman–Crippen LogP) is 1.85. The maximum Gasteiger partial charge on any atom is 0.220 e. The first kappa shape index (κ1) is 8.09. The van der Waals surface area contributed by atoms with Gasteiger partial charge in [-0.2, -0.15) is 0 Å². The largest absolute Gasteiger partial charge is 0.353 e. The molecule has 2 heteroatoms. The molecule has 1 N–H and O–H groups in total. The van der Waals surface area contributed by atoms with Gasteiger partial charge in [0.2, 0.25) is 5.91 Å². The Hall–Kier alpha value is -0.530. The summed E-state index contributed by atoms with van der Waals surface area (Å²) >= 11 is 0. The lowest BCUT2D eigenvalue weighted by atomic mass is 10.2. The minimum absolute atomic E-state index is 0.296. The van der Waals surface area contributed by atoms with E-state index in [4.69, 9.17) is 0 Å². The molecular weight excluding hydrogens is 150 g/mol. The van der Waals surface area contributed by atoms with Gasteiger partial charge in [0.1, 0.15) is 0 Å². The number of carbonyl (C=O) groups is 1. The molecule has 0 bridgehead atoms. The van der Waals surface area contributed by atoms with Crippen LogP contribution in [0.3, 0.4) is 0 Å². The minimum atomic E-state index is 0.296. The zero-order valence-corrected chi connectivity index (χ0v) is 7.51. The zero-order chi connectivity index (χ0) is 8.39. The number of carbonyl (C=O) groups excluding carboxylic acids is 1. The molecule has 68 valence electrons. The lowest BCUT2D eigenvalue weighted by Gasteiger charge is -2.10. The highest BCUT2D eigenvalue weighted by Gasteiger charge is 2.25. The first-order valence-corrected chi connectivity index (χ1v) is 5.14. The summed E-state index contributed by atoms with van der Waals surface area (Å²) in [5.74, 6) is 1.02. The molecule has 0 aromatic heterocycles. The van der Waals surface area contributed by atoms with Crippen molar-refractivity contribution in [2.45, 2.75) is 51.0 Å². The van der Waals surface area contributed by atoms with Crippen molar-refractivity contribution in [2.24, 2.45) is 5.92 Å². The highest BCUT2D eigenvalue weighted by molar-refractivity contribution is 5.76. The molecule has 0 radical (unpaired) electrons. The van der Waals surface area contributed by atoms with Crippen molar-refractivity contribution in [2.75, 3.05) is 0 Å². The Morgan fingerprint density at radius 1 is 1.17 bits per heavy atom. The van der Waals surface area contributed by atoms with E-state index in [2.05, 4.69) is 5.32 Å². The molecule has 0 aromatic rings. The third kappa shape index (κ3) is 2.23. The average Bonchev–Trinajstić information content (AvgIpc) is 2.66. The van der Waals surface area contributed by atoms with Crippen molar-refractivity contribution in [3.05, 3.63) is 0 Å². The number of hydrogen-bond donors (Lipinski definition) is 1. The molecule has 0 heterocycles. The van der Waals surface area contributed by atoms with Crippen LogP contribution in [-0.4, -0.2) is 11.9 Å². The van der Waals surface area contributed by atoms with Crippen molar-refractivity contribution in [3.8, 4) is 0 Å². The lowest BCUT2D eigenvalue weighted by molar-refractivity contribution is -0.122. The van der Waals surface area contributed by atoms with Crippen molar-refractivity contribution in [1.29, 1.82) is 0 Å². The quantitative estimate of drug-likeness (QED) is 0.682. The second kappa shape index (κ2) is 3.46. The van der Waals surface area contributed by atoms with Crippen LogP contribution in [0.1, 0.15) is 44.9 Å². The summed E-state index contributed by atoms with van der Waals surface area (Å²) in [6, 6.07) is 0.510. The second-order valence-corrected chi connectivity index (χ2v) is 4.20. The van der Waals surface area contributed by atoms with Gasteiger partial charge in [-0.25, -0.2) is 0 Å². The van der Waals surface area contributed by atoms with E-state index >= 15 is 0 Å². The van der Waals surface area contributed by atoms with E-state index in [0.717, 1.165) is 12.3 Å². The van der Waals surface area contributed by atoms with Gasteiger partial charge < -0.3 is 5.32 Å². The Labute approximate surface area is 73.7 Å². The first-order chi connectivity index (χ1) is 5.84. The predicted molar refractivity (Wildman–Crippen MR) is 47.7 cm³/mol. The van der Waals surface area contributed by atoms with Gasteiger partial charge in [0.25, 0.3) is 0 Å². The molecule has 2 aliphatic rings. The minimum Gasteiger partial charge on any atom is -0.353 e. The fraction of sp³-hybridized carbons (Fsp3) is 0.900. The fourth-order valence-electron chi connectivity index (χ4n) is 1.94. The standard InChI is InChI=1S/C10H17NO/c12-10(7-8-5-6-8)11-9-3-1-2-4-9/h8-9H,1-7H2,(H,11,12). The van der Waals surface area contributed by atoms with Gasteiger partial charge in [-0.3, -0.25) is 4.79 Å². The summed E-state index contributed by atoms with van der Waals surface area (Å²) in [6.07, 6.45) is 8.35. The van der Waals surface area contributed by atoms with E-state index in [9.17, 15) is 4.79 Å². The van der Waals surface area contributed by atoms with Gasteiger partial charge in [-0.15, -0.1) is 0 Å². The van der Waals surface area contributed by atoms with E-state index in [1.807, 2.05) is 0 Å². The Morgan fingerprint density at radius 3 is 2.42 bits per heavy atom. The van der Waals surface area contributed by atoms with Crippen LogP contribution in [0.2, 0.25) is 0 Å². The molecule has 2 fully saturated rings. The lowest BCUT2D eigenvalue weighted by Crippen LogP contribution is -2.32. The zero-order valence-electron chi connectivity index (χ0n) is 7.51. The molecule has 0 saturated heterocycles. The molecule has 2 saturated carbocycles. The molecule has 2 aliphatic carbocycles. The van der Waals surface area contributed by atoms with Crippen LogP contribution in [0.5, 0.6) is 0 Å². The second-order valence-electron chi connectivity index (χ2n) is 4.20. The van der Waals surface area contributed by atoms with Gasteiger partial charge in [-0.05, 0) is 31.6 Å². The van der Waals surface area contributed by atoms with Crippen LogP contribution in [0.25, 0.3) is 0 Å². The molecule has 2 rings (SSSR count). The maximum atomic E-state index is 11.3. The van der Waals surface area contributed by atoms with E-state index < -0.39 is 0 Å². The van der Waals surface area contributed by atoms with Crippen molar-refractivity contribution >= 4 is 5.91 Å². The van der Waals surface area contributed by atoms with Crippen molar-refractivity contribution in [1.82, 2.24) is 5.32 Å². The molecule has 0 unspecified atom stereocenters. The van der Waals surface area contributed by atoms with Gasteiger partial charge in [0.15, 0.2) is 0 Å². The molecular formula is C10H17NO. The molecule has 12 heavy (non-hydrogen) atoms. The molecule has 0 aromatic carbocycles. The monoisotopic (exact) mass is 167 g/mol. The first-order valence-electron chi connectivity index (χ1n) is 5.14. The van der Waals surface area contributed by atoms with E-state index in [-0.39, 0.29) is 0 Å². The number of rotatable bonds is 3. The summed E-state index contributed by atoms with van der Waals surface area (Å²) < 4.78 is 0. The Kier molecular flexibility index (Phi) is 2.33. The molecule has 2 nitrogen and oxygen atoms in total. The van der Waals surface area contributed by atoms with Crippen LogP contribution >= 0.6 is 0 Å². The topological polar surface area (TPSA) is 29.1 Å². The summed E-state index contributed by atoms with van der Waals surface area (Å²) in [4.78, 5) is 11.3. The van der Waals surface area contributed by atoms with Gasteiger partial charge in [0, 0.05) is 12.5 Å². The average molecular weight is 167 g/mol. The maximum absolute atomic E-state index is 11.3. The number of amides is 1. The highest BCUT2D eigenvalue weighted by atomic mass is 16.1. The van der Waals surface area contributed by atoms with E-state index in [1.165, 1.54) is 38.5 Å². The van der Waals surface area contributed by atoms with Crippen molar-refractivity contribution in [3.63, 3.8) is 0 Å². The number of nitrogens with one attached hydrogen (secondary N) is 1. The van der Waals surface area contributed by atoms with Gasteiger partial charge >= 0.3 is 0 Å². The summed E-state index contributed by atoms with van der Waals surface area (Å²) in [6.45, 7) is 0. The Bertz CT molecular complexity index is 169. The van der Waals surface area contributed by atoms with E-state index in [1.54, 1.807) is 0 Å². The third-order valence-corrected chi connectivity index (χ3v) is 2.89. The fourth-order valence-corrected chi connectivity index (χ4v) is 1.94. The molecule has 0 atom stereocenters. The summed E-state index contributed by atoms with van der Waals surface area (Å²) in [7, 11) is 0. The third-order valence-electron chi connectivity index (χ3n) is 2.89. The molecule has 0 aliphatic heterocycles. The Balaban J connectivity index is 1.66. The van der Waals surface area contributed by atoms with Crippen LogP contribution in [0.15, 0.2) is 0 Å². The van der Waals surface area contributed by atoms with Gasteiger partial charge in [-0.1, -0.05) is 12.8 Å². The van der Waals surface area contributed by atoms with Crippen LogP contribution < -0.4 is 5.32 Å². The van der Waals surface area contributed by atoms with Crippen LogP contribution in [0.4, 0.5) is 0 Å². The summed E-state index contributed by atoms with van der Waals surface area (Å²) in [5, 5.41) is 3.11. The normalized spacial score (nSPS) is 24.3. The smallest absolute Gasteiger partial charge is 0.220 e. The van der Waals surface area contributed by atoms with Crippen molar-refractivity contribution < 1.29 is 4.79 Å². The summed E-state index contributed by atoms with van der Waals surface area (Å²) in [5.41, 5.74) is 0. The SMILES string of the molecule is O=C(CC1CC1)NC1CCCC1. The molecule has 0 spiro atoms. The Morgan fingerprint density at radius 2 is 1.83 bits per heavy atom. The van der Waals surface area contributed by atoms with Crippen LogP contribution in [-0.2, 0) is 4.79 Å². The highest BCUT2D eigenvalue weighted by Crippen LogP contribution is 2.32. The number of hydrogen-bond acceptors (Lipinski definition) is 1.